The summed E-state index contributed by atoms with van der Waals surface area (Å²) in [4.78, 5) is 10.9. The summed E-state index contributed by atoms with van der Waals surface area (Å²) in [6.07, 6.45) is 3.57. The van der Waals surface area contributed by atoms with Gasteiger partial charge in [0, 0.05) is 6.04 Å². The third-order valence-electron chi connectivity index (χ3n) is 3.48. The summed E-state index contributed by atoms with van der Waals surface area (Å²) < 4.78 is 0. The second kappa shape index (κ2) is 1.97. The monoisotopic (exact) mass is 155 g/mol. The van der Waals surface area contributed by atoms with Crippen LogP contribution in [0.1, 0.15) is 25.7 Å². The molecule has 3 nitrogen and oxygen atoms in total. The lowest BCUT2D eigenvalue weighted by Gasteiger charge is -2.42. The minimum atomic E-state index is -0.623. The summed E-state index contributed by atoms with van der Waals surface area (Å²) in [5, 5.41) is 8.96. The molecule has 0 unspecified atom stereocenters. The lowest BCUT2D eigenvalue weighted by molar-refractivity contribution is -0.158. The van der Waals surface area contributed by atoms with Crippen LogP contribution >= 0.6 is 0 Å². The molecule has 0 aromatic heterocycles. The fourth-order valence-electron chi connectivity index (χ4n) is 2.59. The van der Waals surface area contributed by atoms with Gasteiger partial charge in [-0.2, -0.15) is 0 Å². The van der Waals surface area contributed by atoms with Crippen molar-refractivity contribution in [3.8, 4) is 0 Å². The second-order valence-corrected chi connectivity index (χ2v) is 3.81. The summed E-state index contributed by atoms with van der Waals surface area (Å²) >= 11 is 0. The molecule has 2 rings (SSSR count). The number of carbonyl (C=O) groups is 1. The summed E-state index contributed by atoms with van der Waals surface area (Å²) in [6.45, 7) is 0. The van der Waals surface area contributed by atoms with Crippen LogP contribution in [0.4, 0.5) is 0 Å². The van der Waals surface area contributed by atoms with Crippen molar-refractivity contribution in [2.75, 3.05) is 0 Å². The molecule has 2 aliphatic rings. The summed E-state index contributed by atoms with van der Waals surface area (Å²) in [5.74, 6) is -0.346. The van der Waals surface area contributed by atoms with Gasteiger partial charge in [-0.3, -0.25) is 4.79 Å². The molecule has 0 aromatic carbocycles. The van der Waals surface area contributed by atoms with E-state index in [9.17, 15) is 4.79 Å². The molecule has 0 bridgehead atoms. The van der Waals surface area contributed by atoms with E-state index >= 15 is 0 Å². The van der Waals surface area contributed by atoms with Crippen LogP contribution in [-0.4, -0.2) is 17.1 Å². The fourth-order valence-corrected chi connectivity index (χ4v) is 2.59. The lowest BCUT2D eigenvalue weighted by Crippen LogP contribution is -2.48. The predicted octanol–water partition coefficient (Wildman–Crippen LogP) is 0.588. The van der Waals surface area contributed by atoms with Gasteiger partial charge in [0.15, 0.2) is 0 Å². The van der Waals surface area contributed by atoms with Crippen LogP contribution in [0, 0.1) is 11.3 Å². The number of aliphatic carboxylic acids is 1. The Kier molecular flexibility index (Phi) is 1.27. The van der Waals surface area contributed by atoms with Gasteiger partial charge in [-0.15, -0.1) is 0 Å². The topological polar surface area (TPSA) is 63.3 Å². The SMILES string of the molecule is N[C@H]1CC[C@]2(C(=O)O)CC[C@H]12. The third kappa shape index (κ3) is 0.692. The lowest BCUT2D eigenvalue weighted by atomic mass is 9.61. The Bertz CT molecular complexity index is 204. The number of nitrogens with two attached hydrogens (primary N) is 1. The number of carboxylic acid groups (broad SMARTS) is 1. The van der Waals surface area contributed by atoms with Crippen LogP contribution in [0.5, 0.6) is 0 Å². The van der Waals surface area contributed by atoms with Gasteiger partial charge >= 0.3 is 5.97 Å². The van der Waals surface area contributed by atoms with Crippen molar-refractivity contribution in [1.29, 1.82) is 0 Å². The number of rotatable bonds is 1. The molecule has 3 atom stereocenters. The minimum Gasteiger partial charge on any atom is -0.481 e. The molecule has 3 N–H and O–H groups in total. The Hall–Kier alpha value is -0.570. The highest BCUT2D eigenvalue weighted by Crippen LogP contribution is 2.56. The normalized spacial score (nSPS) is 48.1. The highest BCUT2D eigenvalue weighted by Gasteiger charge is 2.58. The van der Waals surface area contributed by atoms with E-state index in [1.54, 1.807) is 0 Å². The Morgan fingerprint density at radius 3 is 2.36 bits per heavy atom. The van der Waals surface area contributed by atoms with E-state index in [0.29, 0.717) is 0 Å². The third-order valence-corrected chi connectivity index (χ3v) is 3.48. The molecular weight excluding hydrogens is 142 g/mol. The van der Waals surface area contributed by atoms with Crippen molar-refractivity contribution >= 4 is 5.97 Å². The zero-order valence-corrected chi connectivity index (χ0v) is 6.42. The van der Waals surface area contributed by atoms with E-state index in [-0.39, 0.29) is 12.0 Å². The Balaban J connectivity index is 2.22. The quantitative estimate of drug-likeness (QED) is 0.582. The van der Waals surface area contributed by atoms with Gasteiger partial charge in [0.1, 0.15) is 0 Å². The Labute approximate surface area is 65.6 Å². The molecule has 3 heteroatoms. The van der Waals surface area contributed by atoms with Gasteiger partial charge in [-0.1, -0.05) is 0 Å². The molecule has 0 aliphatic heterocycles. The van der Waals surface area contributed by atoms with Crippen molar-refractivity contribution in [3.05, 3.63) is 0 Å². The highest BCUT2D eigenvalue weighted by molar-refractivity contribution is 5.77. The number of fused-ring (bicyclic) bond motifs is 1. The van der Waals surface area contributed by atoms with E-state index in [1.165, 1.54) is 0 Å². The number of hydrogen-bond acceptors (Lipinski definition) is 2. The van der Waals surface area contributed by atoms with Gasteiger partial charge in [-0.05, 0) is 31.6 Å². The van der Waals surface area contributed by atoms with Crippen LogP contribution in [0.15, 0.2) is 0 Å². The smallest absolute Gasteiger partial charge is 0.309 e. The molecule has 11 heavy (non-hydrogen) atoms. The van der Waals surface area contributed by atoms with Crippen LogP contribution in [0.25, 0.3) is 0 Å². The first-order chi connectivity index (χ1) is 5.17. The second-order valence-electron chi connectivity index (χ2n) is 3.81. The zero-order valence-electron chi connectivity index (χ0n) is 6.42. The largest absolute Gasteiger partial charge is 0.481 e. The molecule has 0 saturated heterocycles. The van der Waals surface area contributed by atoms with E-state index in [4.69, 9.17) is 10.8 Å². The van der Waals surface area contributed by atoms with E-state index in [0.717, 1.165) is 25.7 Å². The van der Waals surface area contributed by atoms with Crippen LogP contribution < -0.4 is 5.73 Å². The maximum Gasteiger partial charge on any atom is 0.309 e. The number of hydrogen-bond donors (Lipinski definition) is 2. The van der Waals surface area contributed by atoms with Gasteiger partial charge < -0.3 is 10.8 Å². The van der Waals surface area contributed by atoms with Crippen LogP contribution in [0.3, 0.4) is 0 Å². The molecule has 0 aromatic rings. The molecule has 0 amide bonds. The van der Waals surface area contributed by atoms with E-state index in [2.05, 4.69) is 0 Å². The zero-order chi connectivity index (χ0) is 8.06. The standard InChI is InChI=1S/C8H13NO2/c9-6-2-4-8(7(10)11)3-1-5(6)8/h5-6H,1-4,9H2,(H,10,11)/t5-,6+,8-/m1/s1. The van der Waals surface area contributed by atoms with Gasteiger partial charge in [-0.25, -0.2) is 0 Å². The Morgan fingerprint density at radius 1 is 1.45 bits per heavy atom. The Morgan fingerprint density at radius 2 is 2.09 bits per heavy atom. The average molecular weight is 155 g/mol. The van der Waals surface area contributed by atoms with Gasteiger partial charge in [0.05, 0.1) is 5.41 Å². The number of carboxylic acids is 1. The first kappa shape index (κ1) is 7.10. The molecule has 0 spiro atoms. The molecular formula is C8H13NO2. The van der Waals surface area contributed by atoms with Crippen molar-refractivity contribution in [2.45, 2.75) is 31.7 Å². The van der Waals surface area contributed by atoms with Crippen molar-refractivity contribution < 1.29 is 9.90 Å². The summed E-state index contributed by atoms with van der Waals surface area (Å²) in [7, 11) is 0. The maximum atomic E-state index is 10.9. The van der Waals surface area contributed by atoms with Crippen molar-refractivity contribution in [3.63, 3.8) is 0 Å². The van der Waals surface area contributed by atoms with Crippen molar-refractivity contribution in [2.24, 2.45) is 17.1 Å². The molecule has 2 fully saturated rings. The molecule has 2 aliphatic carbocycles. The van der Waals surface area contributed by atoms with Gasteiger partial charge in [0.25, 0.3) is 0 Å². The molecule has 0 radical (unpaired) electrons. The predicted molar refractivity (Wildman–Crippen MR) is 40.0 cm³/mol. The van der Waals surface area contributed by atoms with E-state index in [1.807, 2.05) is 0 Å². The van der Waals surface area contributed by atoms with Gasteiger partial charge in [0.2, 0.25) is 0 Å². The first-order valence-corrected chi connectivity index (χ1v) is 4.16. The van der Waals surface area contributed by atoms with Crippen LogP contribution in [-0.2, 0) is 4.79 Å². The maximum absolute atomic E-state index is 10.9. The molecule has 0 heterocycles. The summed E-state index contributed by atoms with van der Waals surface area (Å²) in [5.41, 5.74) is 5.38. The fraction of sp³-hybridized carbons (Fsp3) is 0.875. The molecule has 62 valence electrons. The average Bonchev–Trinajstić information content (AvgIpc) is 2.04. The van der Waals surface area contributed by atoms with Crippen molar-refractivity contribution in [1.82, 2.24) is 0 Å². The highest BCUT2D eigenvalue weighted by atomic mass is 16.4. The summed E-state index contributed by atoms with van der Waals surface area (Å²) in [6, 6.07) is 0.153. The van der Waals surface area contributed by atoms with Crippen LogP contribution in [0.2, 0.25) is 0 Å². The van der Waals surface area contributed by atoms with E-state index < -0.39 is 11.4 Å². The first-order valence-electron chi connectivity index (χ1n) is 4.16. The minimum absolute atomic E-state index is 0.153. The molecule has 2 saturated carbocycles.